The largest absolute Gasteiger partial charge is 0.385 e. The van der Waals surface area contributed by atoms with Gasteiger partial charge in [0.25, 0.3) is 11.8 Å². The molecular formula is C28H33F4N5O2. The number of likely N-dealkylation sites (tertiary alicyclic amines) is 1. The summed E-state index contributed by atoms with van der Waals surface area (Å²) >= 11 is 0. The Balaban J connectivity index is 1.68. The van der Waals surface area contributed by atoms with Crippen LogP contribution in [0.4, 0.5) is 23.4 Å². The highest BCUT2D eigenvalue weighted by Gasteiger charge is 2.47. The van der Waals surface area contributed by atoms with E-state index in [9.17, 15) is 14.3 Å². The van der Waals surface area contributed by atoms with Crippen LogP contribution in [0.15, 0.2) is 30.6 Å². The Bertz CT molecular complexity index is 1380. The molecular weight excluding hydrogens is 514 g/mol. The van der Waals surface area contributed by atoms with Crippen molar-refractivity contribution >= 4 is 22.8 Å². The number of aryl methyl sites for hydroxylation is 1. The molecule has 2 N–H and O–H groups in total. The van der Waals surface area contributed by atoms with Crippen LogP contribution < -0.4 is 5.32 Å². The molecule has 0 radical (unpaired) electrons. The number of carbonyl (C=O) groups is 1. The summed E-state index contributed by atoms with van der Waals surface area (Å²) in [7, 11) is 0. The molecule has 210 valence electrons. The number of fused-ring (bicyclic) bond motifs is 1. The Morgan fingerprint density at radius 1 is 1.21 bits per heavy atom. The quantitative estimate of drug-likeness (QED) is 0.393. The molecule has 1 fully saturated rings. The normalized spacial score (nSPS) is 16.8. The van der Waals surface area contributed by atoms with Crippen LogP contribution in [-0.2, 0) is 16.3 Å². The number of rotatable bonds is 6. The molecule has 1 atom stereocenters. The van der Waals surface area contributed by atoms with Gasteiger partial charge in [0.15, 0.2) is 12.3 Å². The number of carbonyl (C=O) groups excluding carboxylic acids is 1. The SMILES string of the molecule is Cc1nc2ncnc(N[C@H](C)c3cccc(C(F)(F)C(C)(C)C)c3F)c2cc1C1(O)CCN(C(=O)CF)CC1. The number of benzene rings is 1. The van der Waals surface area contributed by atoms with E-state index in [1.165, 1.54) is 44.1 Å². The number of alkyl halides is 3. The van der Waals surface area contributed by atoms with Gasteiger partial charge in [-0.1, -0.05) is 39.0 Å². The van der Waals surface area contributed by atoms with Crippen LogP contribution in [0, 0.1) is 18.2 Å². The minimum atomic E-state index is -3.40. The number of hydrogen-bond acceptors (Lipinski definition) is 6. The Morgan fingerprint density at radius 2 is 1.87 bits per heavy atom. The second-order valence-electron chi connectivity index (χ2n) is 11.2. The topological polar surface area (TPSA) is 91.2 Å². The number of anilines is 1. The monoisotopic (exact) mass is 547 g/mol. The molecule has 1 saturated heterocycles. The van der Waals surface area contributed by atoms with Crippen LogP contribution in [0.25, 0.3) is 11.0 Å². The van der Waals surface area contributed by atoms with Gasteiger partial charge in [-0.05, 0) is 32.8 Å². The standard InChI is InChI=1S/C28H33F4N5O2/c1-16(18-7-6-8-20(23(18)30)28(31,32)26(3,4)5)35-24-19-13-21(17(2)36-25(19)34-15-33-24)27(39)9-11-37(12-10-27)22(38)14-29/h6-8,13,15-16,39H,9-12,14H2,1-5H3,(H,33,34,35,36)/t16-/m1/s1. The van der Waals surface area contributed by atoms with Gasteiger partial charge in [-0.2, -0.15) is 0 Å². The summed E-state index contributed by atoms with van der Waals surface area (Å²) in [6.45, 7) is 6.75. The number of aromatic nitrogens is 3. The smallest absolute Gasteiger partial charge is 0.280 e. The molecule has 1 aliphatic rings. The maximum absolute atomic E-state index is 15.4. The zero-order chi connectivity index (χ0) is 28.8. The van der Waals surface area contributed by atoms with Crippen LogP contribution >= 0.6 is 0 Å². The molecule has 3 heterocycles. The Morgan fingerprint density at radius 3 is 2.49 bits per heavy atom. The number of piperidine rings is 1. The van der Waals surface area contributed by atoms with Gasteiger partial charge < -0.3 is 15.3 Å². The summed E-state index contributed by atoms with van der Waals surface area (Å²) in [4.78, 5) is 26.1. The number of nitrogens with one attached hydrogen (secondary N) is 1. The Hall–Kier alpha value is -3.34. The molecule has 3 aromatic rings. The predicted octanol–water partition coefficient (Wildman–Crippen LogP) is 5.56. The number of hydrogen-bond donors (Lipinski definition) is 2. The number of pyridine rings is 1. The summed E-state index contributed by atoms with van der Waals surface area (Å²) in [6, 6.07) is 4.91. The maximum Gasteiger partial charge on any atom is 0.280 e. The molecule has 2 aromatic heterocycles. The van der Waals surface area contributed by atoms with Crippen molar-refractivity contribution in [2.75, 3.05) is 25.1 Å². The first-order valence-electron chi connectivity index (χ1n) is 12.8. The van der Waals surface area contributed by atoms with Crippen molar-refractivity contribution in [3.05, 3.63) is 58.8 Å². The molecule has 0 unspecified atom stereocenters. The van der Waals surface area contributed by atoms with Crippen molar-refractivity contribution in [2.45, 2.75) is 65.0 Å². The first-order chi connectivity index (χ1) is 18.2. The third-order valence-corrected chi connectivity index (χ3v) is 7.50. The fourth-order valence-electron chi connectivity index (χ4n) is 4.96. The number of aliphatic hydroxyl groups is 1. The van der Waals surface area contributed by atoms with E-state index in [0.717, 1.165) is 6.07 Å². The van der Waals surface area contributed by atoms with E-state index in [-0.39, 0.29) is 31.5 Å². The zero-order valence-electron chi connectivity index (χ0n) is 22.7. The highest BCUT2D eigenvalue weighted by atomic mass is 19.3. The van der Waals surface area contributed by atoms with Gasteiger partial charge in [0.2, 0.25) is 0 Å². The van der Waals surface area contributed by atoms with Crippen molar-refractivity contribution in [2.24, 2.45) is 5.41 Å². The summed E-state index contributed by atoms with van der Waals surface area (Å²) in [5, 5.41) is 15.0. The lowest BCUT2D eigenvalue weighted by Crippen LogP contribution is -2.46. The van der Waals surface area contributed by atoms with E-state index in [4.69, 9.17) is 0 Å². The molecule has 1 aromatic carbocycles. The summed E-state index contributed by atoms with van der Waals surface area (Å²) in [5.74, 6) is -4.71. The Kier molecular flexibility index (Phi) is 7.59. The van der Waals surface area contributed by atoms with Gasteiger partial charge in [0.05, 0.1) is 22.6 Å². The van der Waals surface area contributed by atoms with E-state index in [2.05, 4.69) is 20.3 Å². The van der Waals surface area contributed by atoms with Crippen LogP contribution in [-0.4, -0.2) is 50.6 Å². The van der Waals surface area contributed by atoms with Crippen molar-refractivity contribution < 1.29 is 27.5 Å². The van der Waals surface area contributed by atoms with E-state index in [0.29, 0.717) is 28.1 Å². The van der Waals surface area contributed by atoms with Gasteiger partial charge in [-0.25, -0.2) is 32.5 Å². The number of amides is 1. The highest BCUT2D eigenvalue weighted by molar-refractivity contribution is 5.87. The lowest BCUT2D eigenvalue weighted by atomic mass is 9.82. The Labute approximate surface area is 224 Å². The molecule has 0 spiro atoms. The van der Waals surface area contributed by atoms with E-state index < -0.39 is 46.9 Å². The first-order valence-corrected chi connectivity index (χ1v) is 12.8. The maximum atomic E-state index is 15.4. The third kappa shape index (κ3) is 5.28. The molecule has 1 aliphatic heterocycles. The van der Waals surface area contributed by atoms with Gasteiger partial charge in [0.1, 0.15) is 18.0 Å². The molecule has 0 saturated carbocycles. The second-order valence-corrected chi connectivity index (χ2v) is 11.2. The zero-order valence-corrected chi connectivity index (χ0v) is 22.7. The van der Waals surface area contributed by atoms with E-state index in [1.807, 2.05) is 0 Å². The van der Waals surface area contributed by atoms with E-state index >= 15 is 13.2 Å². The molecule has 4 rings (SSSR count). The van der Waals surface area contributed by atoms with Gasteiger partial charge >= 0.3 is 0 Å². The molecule has 11 heteroatoms. The van der Waals surface area contributed by atoms with Crippen molar-refractivity contribution in [3.63, 3.8) is 0 Å². The minimum Gasteiger partial charge on any atom is -0.385 e. The summed E-state index contributed by atoms with van der Waals surface area (Å²) in [5.41, 5.74) is -2.03. The van der Waals surface area contributed by atoms with Gasteiger partial charge in [-0.3, -0.25) is 4.79 Å². The summed E-state index contributed by atoms with van der Waals surface area (Å²) < 4.78 is 58.3. The average Bonchev–Trinajstić information content (AvgIpc) is 2.87. The fourth-order valence-corrected chi connectivity index (χ4v) is 4.96. The highest BCUT2D eigenvalue weighted by Crippen LogP contribution is 2.46. The van der Waals surface area contributed by atoms with Crippen molar-refractivity contribution in [3.8, 4) is 0 Å². The molecule has 1 amide bonds. The molecule has 7 nitrogen and oxygen atoms in total. The van der Waals surface area contributed by atoms with Gasteiger partial charge in [0, 0.05) is 35.3 Å². The lowest BCUT2D eigenvalue weighted by Gasteiger charge is -2.38. The number of nitrogens with zero attached hydrogens (tertiary/aromatic N) is 4. The van der Waals surface area contributed by atoms with E-state index in [1.54, 1.807) is 19.9 Å². The first kappa shape index (κ1) is 28.7. The average molecular weight is 548 g/mol. The van der Waals surface area contributed by atoms with Crippen LogP contribution in [0.5, 0.6) is 0 Å². The molecule has 39 heavy (non-hydrogen) atoms. The third-order valence-electron chi connectivity index (χ3n) is 7.50. The van der Waals surface area contributed by atoms with Crippen molar-refractivity contribution in [1.82, 2.24) is 19.9 Å². The van der Waals surface area contributed by atoms with Crippen LogP contribution in [0.3, 0.4) is 0 Å². The summed E-state index contributed by atoms with van der Waals surface area (Å²) in [6.07, 6.45) is 1.68. The molecule has 0 bridgehead atoms. The fraction of sp³-hybridized carbons (Fsp3) is 0.500. The van der Waals surface area contributed by atoms with Crippen molar-refractivity contribution in [1.29, 1.82) is 0 Å². The lowest BCUT2D eigenvalue weighted by molar-refractivity contribution is -0.136. The minimum absolute atomic E-state index is 0.0482. The van der Waals surface area contributed by atoms with Crippen LogP contribution in [0.2, 0.25) is 0 Å². The molecule has 0 aliphatic carbocycles. The second kappa shape index (κ2) is 10.3. The van der Waals surface area contributed by atoms with Gasteiger partial charge in [-0.15, -0.1) is 0 Å². The number of halogens is 4. The van der Waals surface area contributed by atoms with Crippen LogP contribution in [0.1, 0.15) is 69.0 Å². The predicted molar refractivity (Wildman–Crippen MR) is 140 cm³/mol.